The van der Waals surface area contributed by atoms with E-state index in [1.54, 1.807) is 28.9 Å². The normalized spacial score (nSPS) is 20.8. The van der Waals surface area contributed by atoms with Crippen LogP contribution in [0, 0.1) is 0 Å². The summed E-state index contributed by atoms with van der Waals surface area (Å²) in [7, 11) is -2.99. The number of nitrogen functional groups attached to an aromatic ring is 1. The molecule has 3 rings (SSSR count). The Bertz CT molecular complexity index is 802. The summed E-state index contributed by atoms with van der Waals surface area (Å²) >= 11 is 12.1. The average Bonchev–Trinajstić information content (AvgIpc) is 2.95. The van der Waals surface area contributed by atoms with Crippen LogP contribution < -0.4 is 5.73 Å². The van der Waals surface area contributed by atoms with Crippen molar-refractivity contribution < 1.29 is 8.42 Å². The lowest BCUT2D eigenvalue weighted by atomic mass is 10.1. The van der Waals surface area contributed by atoms with Crippen LogP contribution in [-0.2, 0) is 9.84 Å². The fraction of sp³-hybridized carbons (Fsp3) is 0.308. The highest BCUT2D eigenvalue weighted by atomic mass is 35.5. The van der Waals surface area contributed by atoms with Crippen LogP contribution in [0.1, 0.15) is 12.5 Å². The third kappa shape index (κ3) is 2.88. The van der Waals surface area contributed by atoms with Gasteiger partial charge in [-0.2, -0.15) is 5.10 Å². The van der Waals surface area contributed by atoms with Gasteiger partial charge in [-0.25, -0.2) is 13.1 Å². The first-order valence-electron chi connectivity index (χ1n) is 6.36. The Morgan fingerprint density at radius 3 is 2.71 bits per heavy atom. The number of hydrogen-bond donors (Lipinski definition) is 1. The molecule has 2 N–H and O–H groups in total. The Kier molecular flexibility index (Phi) is 3.63. The second-order valence-corrected chi connectivity index (χ2v) is 8.15. The predicted octanol–water partition coefficient (Wildman–Crippen LogP) is 2.80. The summed E-state index contributed by atoms with van der Waals surface area (Å²) in [6.07, 6.45) is 0.525. The molecule has 1 aromatic carbocycles. The van der Waals surface area contributed by atoms with E-state index in [-0.39, 0.29) is 17.5 Å². The van der Waals surface area contributed by atoms with Crippen LogP contribution >= 0.6 is 23.2 Å². The summed E-state index contributed by atoms with van der Waals surface area (Å²) in [5, 5.41) is 5.48. The highest BCUT2D eigenvalue weighted by Crippen LogP contribution is 2.33. The van der Waals surface area contributed by atoms with Gasteiger partial charge in [0.2, 0.25) is 0 Å². The highest BCUT2D eigenvalue weighted by Gasteiger charge is 2.31. The maximum Gasteiger partial charge on any atom is 0.152 e. The molecule has 0 radical (unpaired) electrons. The minimum absolute atomic E-state index is 0.0710. The van der Waals surface area contributed by atoms with Crippen molar-refractivity contribution in [3.05, 3.63) is 34.3 Å². The number of halogens is 2. The molecule has 2 aromatic rings. The molecule has 1 aromatic heterocycles. The summed E-state index contributed by atoms with van der Waals surface area (Å²) in [5.41, 5.74) is 7.23. The SMILES string of the molecule is Nc1cc(-c2cc(Cl)ccc2Cl)nn1C1CCS(=O)(=O)C1. The standard InChI is InChI=1S/C13H13Cl2N3O2S/c14-8-1-2-11(15)10(5-8)12-6-13(16)18(17-12)9-3-4-21(19,20)7-9/h1-2,5-6,9H,3-4,7,16H2. The summed E-state index contributed by atoms with van der Waals surface area (Å²) in [6, 6.07) is 6.55. The molecule has 1 saturated heterocycles. The van der Waals surface area contributed by atoms with E-state index in [0.717, 1.165) is 0 Å². The predicted molar refractivity (Wildman–Crippen MR) is 84.4 cm³/mol. The molecule has 21 heavy (non-hydrogen) atoms. The van der Waals surface area contributed by atoms with Crippen molar-refractivity contribution in [2.75, 3.05) is 17.2 Å². The van der Waals surface area contributed by atoms with Crippen molar-refractivity contribution in [2.24, 2.45) is 0 Å². The molecular formula is C13H13Cl2N3O2S. The molecule has 0 saturated carbocycles. The van der Waals surface area contributed by atoms with E-state index in [0.29, 0.717) is 33.5 Å². The molecule has 5 nitrogen and oxygen atoms in total. The van der Waals surface area contributed by atoms with Gasteiger partial charge in [0.25, 0.3) is 0 Å². The first-order valence-corrected chi connectivity index (χ1v) is 8.94. The first kappa shape index (κ1) is 14.7. The topological polar surface area (TPSA) is 78.0 Å². The third-order valence-electron chi connectivity index (χ3n) is 3.52. The molecule has 0 bridgehead atoms. The van der Waals surface area contributed by atoms with Crippen molar-refractivity contribution >= 4 is 38.9 Å². The van der Waals surface area contributed by atoms with Crippen LogP contribution in [-0.4, -0.2) is 29.7 Å². The van der Waals surface area contributed by atoms with Gasteiger partial charge in [0.05, 0.1) is 28.3 Å². The van der Waals surface area contributed by atoms with E-state index in [4.69, 9.17) is 28.9 Å². The van der Waals surface area contributed by atoms with Gasteiger partial charge in [0.1, 0.15) is 5.82 Å². The molecule has 8 heteroatoms. The van der Waals surface area contributed by atoms with Crippen LogP contribution in [0.4, 0.5) is 5.82 Å². The molecule has 1 aliphatic rings. The number of anilines is 1. The van der Waals surface area contributed by atoms with Crippen molar-refractivity contribution in [1.29, 1.82) is 0 Å². The zero-order valence-electron chi connectivity index (χ0n) is 11.0. The number of nitrogens with zero attached hydrogens (tertiary/aromatic N) is 2. The molecular weight excluding hydrogens is 333 g/mol. The van der Waals surface area contributed by atoms with Crippen LogP contribution in [0.5, 0.6) is 0 Å². The van der Waals surface area contributed by atoms with Gasteiger partial charge in [-0.3, -0.25) is 0 Å². The van der Waals surface area contributed by atoms with E-state index < -0.39 is 9.84 Å². The smallest absolute Gasteiger partial charge is 0.152 e. The molecule has 0 aliphatic carbocycles. The monoisotopic (exact) mass is 345 g/mol. The van der Waals surface area contributed by atoms with E-state index in [2.05, 4.69) is 5.10 Å². The number of sulfone groups is 1. The van der Waals surface area contributed by atoms with Gasteiger partial charge in [0, 0.05) is 16.7 Å². The van der Waals surface area contributed by atoms with E-state index in [1.807, 2.05) is 0 Å². The van der Waals surface area contributed by atoms with Crippen LogP contribution in [0.15, 0.2) is 24.3 Å². The quantitative estimate of drug-likeness (QED) is 0.907. The molecule has 1 aliphatic heterocycles. The zero-order chi connectivity index (χ0) is 15.2. The summed E-state index contributed by atoms with van der Waals surface area (Å²) < 4.78 is 24.7. The number of benzene rings is 1. The average molecular weight is 346 g/mol. The number of aromatic nitrogens is 2. The van der Waals surface area contributed by atoms with Gasteiger partial charge in [-0.05, 0) is 24.6 Å². The third-order valence-corrected chi connectivity index (χ3v) is 5.84. The molecule has 1 fully saturated rings. The summed E-state index contributed by atoms with van der Waals surface area (Å²) in [5.74, 6) is 0.661. The Morgan fingerprint density at radius 1 is 1.29 bits per heavy atom. The van der Waals surface area contributed by atoms with E-state index in [9.17, 15) is 8.42 Å². The van der Waals surface area contributed by atoms with E-state index >= 15 is 0 Å². The van der Waals surface area contributed by atoms with Crippen molar-refractivity contribution in [3.8, 4) is 11.3 Å². The van der Waals surface area contributed by atoms with Crippen LogP contribution in [0.3, 0.4) is 0 Å². The van der Waals surface area contributed by atoms with E-state index in [1.165, 1.54) is 0 Å². The van der Waals surface area contributed by atoms with Crippen molar-refractivity contribution in [2.45, 2.75) is 12.5 Å². The van der Waals surface area contributed by atoms with Crippen molar-refractivity contribution in [1.82, 2.24) is 9.78 Å². The Labute approximate surface area is 132 Å². The lowest BCUT2D eigenvalue weighted by molar-refractivity contribution is 0.508. The van der Waals surface area contributed by atoms with Gasteiger partial charge in [0.15, 0.2) is 9.84 Å². The highest BCUT2D eigenvalue weighted by molar-refractivity contribution is 7.91. The lowest BCUT2D eigenvalue weighted by Crippen LogP contribution is -2.14. The van der Waals surface area contributed by atoms with Gasteiger partial charge in [-0.15, -0.1) is 0 Å². The second kappa shape index (κ2) is 5.19. The molecule has 0 spiro atoms. The Balaban J connectivity index is 2.00. The molecule has 1 unspecified atom stereocenters. The fourth-order valence-corrected chi connectivity index (χ4v) is 4.57. The maximum absolute atomic E-state index is 11.6. The first-order chi connectivity index (χ1) is 9.85. The minimum atomic E-state index is -2.99. The largest absolute Gasteiger partial charge is 0.384 e. The molecule has 0 amide bonds. The molecule has 112 valence electrons. The van der Waals surface area contributed by atoms with Crippen molar-refractivity contribution in [3.63, 3.8) is 0 Å². The Morgan fingerprint density at radius 2 is 2.05 bits per heavy atom. The van der Waals surface area contributed by atoms with Crippen LogP contribution in [0.25, 0.3) is 11.3 Å². The van der Waals surface area contributed by atoms with Gasteiger partial charge < -0.3 is 5.73 Å². The lowest BCUT2D eigenvalue weighted by Gasteiger charge is -2.10. The second-order valence-electron chi connectivity index (χ2n) is 5.08. The molecule has 1 atom stereocenters. The van der Waals surface area contributed by atoms with Crippen LogP contribution in [0.2, 0.25) is 10.0 Å². The number of nitrogens with two attached hydrogens (primary N) is 1. The summed E-state index contributed by atoms with van der Waals surface area (Å²) in [6.45, 7) is 0. The number of hydrogen-bond acceptors (Lipinski definition) is 4. The van der Waals surface area contributed by atoms with Gasteiger partial charge >= 0.3 is 0 Å². The zero-order valence-corrected chi connectivity index (χ0v) is 13.3. The fourth-order valence-electron chi connectivity index (χ4n) is 2.50. The van der Waals surface area contributed by atoms with Gasteiger partial charge in [-0.1, -0.05) is 23.2 Å². The molecule has 2 heterocycles. The maximum atomic E-state index is 11.6. The minimum Gasteiger partial charge on any atom is -0.384 e. The Hall–Kier alpha value is -1.24. The summed E-state index contributed by atoms with van der Waals surface area (Å²) in [4.78, 5) is 0. The number of rotatable bonds is 2.